The van der Waals surface area contributed by atoms with Crippen LogP contribution in [0.3, 0.4) is 0 Å². The van der Waals surface area contributed by atoms with E-state index < -0.39 is 0 Å². The molecule has 0 radical (unpaired) electrons. The molecule has 0 aromatic carbocycles. The summed E-state index contributed by atoms with van der Waals surface area (Å²) in [6.45, 7) is 5.97. The zero-order valence-corrected chi connectivity index (χ0v) is 12.2. The molecule has 3 aliphatic heterocycles. The molecule has 0 spiro atoms. The van der Waals surface area contributed by atoms with Crippen LogP contribution in [0.15, 0.2) is 0 Å². The molecule has 0 N–H and O–H groups in total. The Labute approximate surface area is 119 Å². The van der Waals surface area contributed by atoms with Crippen molar-refractivity contribution < 1.29 is 14.3 Å². The molecule has 6 heteroatoms. The quantitative estimate of drug-likeness (QED) is 0.644. The lowest BCUT2D eigenvalue weighted by atomic mass is 9.94. The van der Waals surface area contributed by atoms with Gasteiger partial charge in [-0.25, -0.2) is 0 Å². The summed E-state index contributed by atoms with van der Waals surface area (Å²) in [6.07, 6.45) is 1.18. The molecule has 6 nitrogen and oxygen atoms in total. The first-order chi connectivity index (χ1) is 9.56. The summed E-state index contributed by atoms with van der Waals surface area (Å²) >= 11 is 0. The normalized spacial score (nSPS) is 31.7. The van der Waals surface area contributed by atoms with Gasteiger partial charge in [-0.15, -0.1) is 0 Å². The van der Waals surface area contributed by atoms with Gasteiger partial charge in [0.25, 0.3) is 0 Å². The highest BCUT2D eigenvalue weighted by Gasteiger charge is 2.43. The van der Waals surface area contributed by atoms with Crippen molar-refractivity contribution in [1.29, 1.82) is 0 Å². The largest absolute Gasteiger partial charge is 0.374 e. The highest BCUT2D eigenvalue weighted by atomic mass is 16.5. The van der Waals surface area contributed by atoms with Gasteiger partial charge in [0.1, 0.15) is 0 Å². The zero-order chi connectivity index (χ0) is 14.3. The van der Waals surface area contributed by atoms with E-state index in [0.29, 0.717) is 26.2 Å². The van der Waals surface area contributed by atoms with Crippen LogP contribution in [0.25, 0.3) is 0 Å². The van der Waals surface area contributed by atoms with Gasteiger partial charge in [0, 0.05) is 39.6 Å². The molecule has 3 fully saturated rings. The number of amides is 2. The van der Waals surface area contributed by atoms with Crippen molar-refractivity contribution in [2.24, 2.45) is 5.92 Å². The third-order valence-electron chi connectivity index (χ3n) is 4.75. The number of carbonyl (C=O) groups is 2. The number of hydrogen-bond acceptors (Lipinski definition) is 4. The Hall–Kier alpha value is -1.14. The fourth-order valence-electron chi connectivity index (χ4n) is 3.43. The minimum absolute atomic E-state index is 0.00937. The molecule has 2 atom stereocenters. The van der Waals surface area contributed by atoms with Gasteiger partial charge in [-0.2, -0.15) is 0 Å². The monoisotopic (exact) mass is 281 g/mol. The molecule has 0 aromatic heterocycles. The van der Waals surface area contributed by atoms with E-state index >= 15 is 0 Å². The van der Waals surface area contributed by atoms with Crippen LogP contribution in [0.5, 0.6) is 0 Å². The number of likely N-dealkylation sites (N-methyl/N-ethyl adjacent to an activating group) is 1. The Morgan fingerprint density at radius 1 is 1.15 bits per heavy atom. The molecule has 3 saturated heterocycles. The number of rotatable bonds is 1. The van der Waals surface area contributed by atoms with Crippen LogP contribution in [0.2, 0.25) is 0 Å². The van der Waals surface area contributed by atoms with Crippen molar-refractivity contribution in [3.05, 3.63) is 0 Å². The Morgan fingerprint density at radius 2 is 1.90 bits per heavy atom. The van der Waals surface area contributed by atoms with E-state index in [4.69, 9.17) is 4.74 Å². The number of nitrogens with zero attached hydrogens (tertiary/aromatic N) is 3. The smallest absolute Gasteiger partial charge is 0.229 e. The van der Waals surface area contributed by atoms with Gasteiger partial charge in [-0.3, -0.25) is 9.59 Å². The molecule has 0 aromatic rings. The molecule has 0 aliphatic carbocycles. The average molecular weight is 281 g/mol. The van der Waals surface area contributed by atoms with E-state index in [1.165, 1.54) is 0 Å². The summed E-state index contributed by atoms with van der Waals surface area (Å²) in [6, 6.07) is 0.182. The molecule has 3 aliphatic rings. The Kier molecular flexibility index (Phi) is 3.69. The predicted octanol–water partition coefficient (Wildman–Crippen LogP) is -0.604. The maximum Gasteiger partial charge on any atom is 0.229 e. The lowest BCUT2D eigenvalue weighted by molar-refractivity contribution is -0.162. The van der Waals surface area contributed by atoms with Gasteiger partial charge in [0.05, 0.1) is 24.7 Å². The number of hydrogen-bond donors (Lipinski definition) is 0. The molecule has 3 rings (SSSR count). The van der Waals surface area contributed by atoms with Crippen LogP contribution >= 0.6 is 0 Å². The second-order valence-electron chi connectivity index (χ2n) is 6.18. The second-order valence-corrected chi connectivity index (χ2v) is 6.18. The summed E-state index contributed by atoms with van der Waals surface area (Å²) in [5.41, 5.74) is 0. The third-order valence-corrected chi connectivity index (χ3v) is 4.75. The van der Waals surface area contributed by atoms with Crippen molar-refractivity contribution in [3.63, 3.8) is 0 Å². The van der Waals surface area contributed by atoms with Gasteiger partial charge in [0.15, 0.2) is 0 Å². The summed E-state index contributed by atoms with van der Waals surface area (Å²) in [4.78, 5) is 29.8. The molecular formula is C14H23N3O3. The van der Waals surface area contributed by atoms with Gasteiger partial charge in [-0.05, 0) is 13.5 Å². The minimum atomic E-state index is -0.00937. The standard InChI is InChI=1S/C14H23N3O3/c1-10(18)16-7-11(8-16)14(19)17-5-6-20-13-3-4-15(2)9-12(13)17/h11-13H,3-9H2,1-2H3/t12-,13+/m0/s1. The molecule has 2 amide bonds. The first kappa shape index (κ1) is 13.8. The number of morpholine rings is 1. The van der Waals surface area contributed by atoms with Gasteiger partial charge >= 0.3 is 0 Å². The van der Waals surface area contributed by atoms with Crippen molar-refractivity contribution >= 4 is 11.8 Å². The van der Waals surface area contributed by atoms with Crippen LogP contribution in [0.1, 0.15) is 13.3 Å². The number of fused-ring (bicyclic) bond motifs is 1. The summed E-state index contributed by atoms with van der Waals surface area (Å²) in [5.74, 6) is 0.257. The topological polar surface area (TPSA) is 53.1 Å². The van der Waals surface area contributed by atoms with Crippen LogP contribution in [0, 0.1) is 5.92 Å². The Bertz CT molecular complexity index is 408. The van der Waals surface area contributed by atoms with E-state index in [0.717, 1.165) is 19.5 Å². The molecule has 3 heterocycles. The van der Waals surface area contributed by atoms with E-state index in [9.17, 15) is 9.59 Å². The number of piperidine rings is 1. The van der Waals surface area contributed by atoms with E-state index in [1.807, 2.05) is 4.90 Å². The summed E-state index contributed by atoms with van der Waals surface area (Å²) < 4.78 is 5.82. The molecule has 0 saturated carbocycles. The lowest BCUT2D eigenvalue weighted by Crippen LogP contribution is -2.64. The van der Waals surface area contributed by atoms with Crippen LogP contribution in [0.4, 0.5) is 0 Å². The van der Waals surface area contributed by atoms with Crippen molar-refractivity contribution in [3.8, 4) is 0 Å². The molecule has 20 heavy (non-hydrogen) atoms. The van der Waals surface area contributed by atoms with E-state index in [1.54, 1.807) is 11.8 Å². The second kappa shape index (κ2) is 5.33. The van der Waals surface area contributed by atoms with Crippen LogP contribution < -0.4 is 0 Å². The molecule has 0 unspecified atom stereocenters. The highest BCUT2D eigenvalue weighted by molar-refractivity contribution is 5.84. The number of ether oxygens (including phenoxy) is 1. The maximum absolute atomic E-state index is 12.6. The fraction of sp³-hybridized carbons (Fsp3) is 0.857. The maximum atomic E-state index is 12.6. The van der Waals surface area contributed by atoms with Crippen LogP contribution in [-0.4, -0.2) is 85.0 Å². The Balaban J connectivity index is 1.63. The molecule has 112 valence electrons. The lowest BCUT2D eigenvalue weighted by Gasteiger charge is -2.49. The Morgan fingerprint density at radius 3 is 2.60 bits per heavy atom. The fourth-order valence-corrected chi connectivity index (χ4v) is 3.43. The zero-order valence-electron chi connectivity index (χ0n) is 12.2. The van der Waals surface area contributed by atoms with Gasteiger partial charge in [0.2, 0.25) is 11.8 Å². The summed E-state index contributed by atoms with van der Waals surface area (Å²) in [5, 5.41) is 0. The first-order valence-electron chi connectivity index (χ1n) is 7.42. The third kappa shape index (κ3) is 2.42. The molecular weight excluding hydrogens is 258 g/mol. The number of likely N-dealkylation sites (tertiary alicyclic amines) is 2. The number of carbonyl (C=O) groups excluding carboxylic acids is 2. The van der Waals surface area contributed by atoms with Gasteiger partial charge in [-0.1, -0.05) is 0 Å². The molecule has 0 bridgehead atoms. The highest BCUT2D eigenvalue weighted by Crippen LogP contribution is 2.26. The SMILES string of the molecule is CC(=O)N1CC(C(=O)N2CCO[C@@H]3CCN(C)C[C@@H]32)C1. The van der Waals surface area contributed by atoms with Crippen molar-refractivity contribution in [1.82, 2.24) is 14.7 Å². The minimum Gasteiger partial charge on any atom is -0.374 e. The van der Waals surface area contributed by atoms with Gasteiger partial charge < -0.3 is 19.4 Å². The van der Waals surface area contributed by atoms with Crippen molar-refractivity contribution in [2.75, 3.05) is 46.4 Å². The summed E-state index contributed by atoms with van der Waals surface area (Å²) in [7, 11) is 2.09. The van der Waals surface area contributed by atoms with E-state index in [-0.39, 0.29) is 29.9 Å². The first-order valence-corrected chi connectivity index (χ1v) is 7.42. The van der Waals surface area contributed by atoms with Crippen LogP contribution in [-0.2, 0) is 14.3 Å². The predicted molar refractivity (Wildman–Crippen MR) is 73.1 cm³/mol. The van der Waals surface area contributed by atoms with Crippen molar-refractivity contribution in [2.45, 2.75) is 25.5 Å². The van der Waals surface area contributed by atoms with E-state index in [2.05, 4.69) is 11.9 Å². The average Bonchev–Trinajstić information content (AvgIpc) is 2.35.